The van der Waals surface area contributed by atoms with Crippen LogP contribution in [0.15, 0.2) is 48.5 Å². The van der Waals surface area contributed by atoms with Crippen LogP contribution in [0.5, 0.6) is 11.5 Å². The maximum atomic E-state index is 8.83. The largest absolute Gasteiger partial charge is 0.494 e. The molecule has 164 valence electrons. The Morgan fingerprint density at radius 1 is 0.774 bits per heavy atom. The van der Waals surface area contributed by atoms with Crippen LogP contribution in [0.3, 0.4) is 0 Å². The van der Waals surface area contributed by atoms with Gasteiger partial charge in [0.1, 0.15) is 11.5 Å². The van der Waals surface area contributed by atoms with E-state index in [9.17, 15) is 0 Å². The number of hydrogen-bond donors (Lipinski definition) is 1. The first-order chi connectivity index (χ1) is 15.1. The van der Waals surface area contributed by atoms with Crippen LogP contribution in [-0.4, -0.2) is 50.3 Å². The fourth-order valence-corrected chi connectivity index (χ4v) is 3.07. The van der Waals surface area contributed by atoms with Crippen LogP contribution >= 0.6 is 0 Å². The number of nitrogens with one attached hydrogen (secondary N) is 1. The third-order valence-corrected chi connectivity index (χ3v) is 4.90. The Morgan fingerprint density at radius 2 is 1.29 bits per heavy atom. The molecule has 0 bridgehead atoms. The molecular weight excluding hydrogens is 388 g/mol. The Bertz CT molecular complexity index is 836. The summed E-state index contributed by atoms with van der Waals surface area (Å²) in [6.45, 7) is 9.56. The van der Waals surface area contributed by atoms with Gasteiger partial charge in [-0.15, -0.1) is 0 Å². The number of nitriles is 2. The molecule has 0 aliphatic rings. The summed E-state index contributed by atoms with van der Waals surface area (Å²) in [7, 11) is 0. The molecule has 6 nitrogen and oxygen atoms in total. The van der Waals surface area contributed by atoms with Gasteiger partial charge < -0.3 is 14.8 Å². The number of rotatable bonds is 14. The van der Waals surface area contributed by atoms with E-state index in [1.54, 1.807) is 24.3 Å². The molecule has 0 saturated heterocycles. The van der Waals surface area contributed by atoms with Gasteiger partial charge in [-0.1, -0.05) is 0 Å². The summed E-state index contributed by atoms with van der Waals surface area (Å²) in [4.78, 5) is 2.45. The molecule has 0 aliphatic heterocycles. The lowest BCUT2D eigenvalue weighted by Gasteiger charge is -2.26. The average Bonchev–Trinajstić information content (AvgIpc) is 2.80. The molecule has 1 N–H and O–H groups in total. The molecule has 0 heterocycles. The summed E-state index contributed by atoms with van der Waals surface area (Å²) in [5.41, 5.74) is 1.29. The zero-order valence-electron chi connectivity index (χ0n) is 18.5. The Labute approximate surface area is 186 Å². The van der Waals surface area contributed by atoms with E-state index in [1.807, 2.05) is 24.3 Å². The van der Waals surface area contributed by atoms with E-state index in [0.29, 0.717) is 30.4 Å². The Kier molecular flexibility index (Phi) is 11.0. The number of benzene rings is 2. The van der Waals surface area contributed by atoms with E-state index in [4.69, 9.17) is 20.0 Å². The Hall–Kier alpha value is -3.06. The minimum absolute atomic E-state index is 0.483. The van der Waals surface area contributed by atoms with E-state index < -0.39 is 0 Å². The van der Waals surface area contributed by atoms with Crippen molar-refractivity contribution in [3.05, 3.63) is 59.7 Å². The van der Waals surface area contributed by atoms with Gasteiger partial charge in [0, 0.05) is 25.7 Å². The van der Waals surface area contributed by atoms with Crippen LogP contribution < -0.4 is 14.8 Å². The van der Waals surface area contributed by atoms with Gasteiger partial charge in [0.2, 0.25) is 0 Å². The van der Waals surface area contributed by atoms with Gasteiger partial charge in [0.25, 0.3) is 0 Å². The summed E-state index contributed by atoms with van der Waals surface area (Å²) in [6, 6.07) is 19.1. The summed E-state index contributed by atoms with van der Waals surface area (Å²) >= 11 is 0. The lowest BCUT2D eigenvalue weighted by atomic mass is 10.2. The first kappa shape index (κ1) is 24.2. The quantitative estimate of drug-likeness (QED) is 0.466. The van der Waals surface area contributed by atoms with Crippen LogP contribution in [0.25, 0.3) is 0 Å². The lowest BCUT2D eigenvalue weighted by molar-refractivity contribution is 0.198. The standard InChI is InChI=1S/C25H32N4O2/c1-21(2)29(15-4-18-31-25-11-7-23(20-27)8-12-25)16-14-28-13-3-17-30-24-9-5-22(19-26)6-10-24/h5-12,21,28H,3-4,13-18H2,1-2H3. The molecule has 2 aromatic rings. The summed E-state index contributed by atoms with van der Waals surface area (Å²) in [5.74, 6) is 1.60. The molecule has 0 radical (unpaired) electrons. The van der Waals surface area contributed by atoms with Crippen molar-refractivity contribution in [2.75, 3.05) is 39.4 Å². The van der Waals surface area contributed by atoms with Crippen LogP contribution in [0, 0.1) is 22.7 Å². The minimum atomic E-state index is 0.483. The van der Waals surface area contributed by atoms with Crippen molar-refractivity contribution >= 4 is 0 Å². The molecule has 0 fully saturated rings. The lowest BCUT2D eigenvalue weighted by Crippen LogP contribution is -2.38. The maximum Gasteiger partial charge on any atom is 0.119 e. The molecular formula is C25H32N4O2. The van der Waals surface area contributed by atoms with E-state index in [1.165, 1.54) is 0 Å². The first-order valence-corrected chi connectivity index (χ1v) is 10.8. The van der Waals surface area contributed by atoms with Crippen molar-refractivity contribution in [3.63, 3.8) is 0 Å². The number of ether oxygens (including phenoxy) is 2. The monoisotopic (exact) mass is 420 g/mol. The average molecular weight is 421 g/mol. The van der Waals surface area contributed by atoms with Gasteiger partial charge in [-0.3, -0.25) is 4.90 Å². The highest BCUT2D eigenvalue weighted by molar-refractivity contribution is 5.35. The second kappa shape index (κ2) is 14.0. The molecule has 0 amide bonds. The van der Waals surface area contributed by atoms with E-state index in [0.717, 1.165) is 50.5 Å². The third-order valence-electron chi connectivity index (χ3n) is 4.90. The van der Waals surface area contributed by atoms with Gasteiger partial charge in [0.15, 0.2) is 0 Å². The highest BCUT2D eigenvalue weighted by Gasteiger charge is 2.08. The molecule has 0 saturated carbocycles. The van der Waals surface area contributed by atoms with Gasteiger partial charge in [-0.2, -0.15) is 10.5 Å². The molecule has 0 atom stereocenters. The fourth-order valence-electron chi connectivity index (χ4n) is 3.07. The van der Waals surface area contributed by atoms with Gasteiger partial charge >= 0.3 is 0 Å². The van der Waals surface area contributed by atoms with Crippen molar-refractivity contribution in [1.29, 1.82) is 10.5 Å². The summed E-state index contributed by atoms with van der Waals surface area (Å²) in [6.07, 6.45) is 1.89. The Morgan fingerprint density at radius 3 is 1.77 bits per heavy atom. The maximum absolute atomic E-state index is 8.83. The Balaban J connectivity index is 1.53. The molecule has 0 unspecified atom stereocenters. The second-order valence-corrected chi connectivity index (χ2v) is 7.56. The first-order valence-electron chi connectivity index (χ1n) is 10.8. The summed E-state index contributed by atoms with van der Waals surface area (Å²) < 4.78 is 11.5. The zero-order valence-corrected chi connectivity index (χ0v) is 18.5. The smallest absolute Gasteiger partial charge is 0.119 e. The van der Waals surface area contributed by atoms with Gasteiger partial charge in [-0.25, -0.2) is 0 Å². The predicted molar refractivity (Wildman–Crippen MR) is 122 cm³/mol. The van der Waals surface area contributed by atoms with Crippen molar-refractivity contribution in [1.82, 2.24) is 10.2 Å². The minimum Gasteiger partial charge on any atom is -0.494 e. The van der Waals surface area contributed by atoms with Crippen molar-refractivity contribution < 1.29 is 9.47 Å². The predicted octanol–water partition coefficient (Wildman–Crippen LogP) is 3.97. The van der Waals surface area contributed by atoms with Gasteiger partial charge in [0.05, 0.1) is 36.5 Å². The van der Waals surface area contributed by atoms with Crippen LogP contribution in [0.4, 0.5) is 0 Å². The topological polar surface area (TPSA) is 81.3 Å². The van der Waals surface area contributed by atoms with Crippen molar-refractivity contribution in [3.8, 4) is 23.6 Å². The SMILES string of the molecule is CC(C)N(CCCOc1ccc(C#N)cc1)CCNCCCOc1ccc(C#N)cc1. The van der Waals surface area contributed by atoms with Crippen LogP contribution in [-0.2, 0) is 0 Å². The second-order valence-electron chi connectivity index (χ2n) is 7.56. The normalized spacial score (nSPS) is 10.6. The van der Waals surface area contributed by atoms with E-state index in [-0.39, 0.29) is 0 Å². The fraction of sp³-hybridized carbons (Fsp3) is 0.440. The zero-order chi connectivity index (χ0) is 22.3. The van der Waals surface area contributed by atoms with Gasteiger partial charge in [-0.05, 0) is 81.8 Å². The molecule has 0 aromatic heterocycles. The van der Waals surface area contributed by atoms with Crippen molar-refractivity contribution in [2.24, 2.45) is 0 Å². The molecule has 0 aliphatic carbocycles. The summed E-state index contributed by atoms with van der Waals surface area (Å²) in [5, 5.41) is 21.1. The molecule has 2 aromatic carbocycles. The molecule has 0 spiro atoms. The van der Waals surface area contributed by atoms with E-state index in [2.05, 4.69) is 36.2 Å². The van der Waals surface area contributed by atoms with E-state index >= 15 is 0 Å². The van der Waals surface area contributed by atoms with Crippen molar-refractivity contribution in [2.45, 2.75) is 32.7 Å². The third kappa shape index (κ3) is 9.53. The number of nitrogens with zero attached hydrogens (tertiary/aromatic N) is 3. The van der Waals surface area contributed by atoms with Crippen LogP contribution in [0.2, 0.25) is 0 Å². The molecule has 31 heavy (non-hydrogen) atoms. The van der Waals surface area contributed by atoms with Crippen LogP contribution in [0.1, 0.15) is 37.8 Å². The molecule has 2 rings (SSSR count). The number of hydrogen-bond acceptors (Lipinski definition) is 6. The highest BCUT2D eigenvalue weighted by atomic mass is 16.5. The highest BCUT2D eigenvalue weighted by Crippen LogP contribution is 2.12. The molecule has 6 heteroatoms.